The third kappa shape index (κ3) is 5.08. The first-order valence-electron chi connectivity index (χ1n) is 7.23. The van der Waals surface area contributed by atoms with Crippen molar-refractivity contribution in [2.45, 2.75) is 33.1 Å². The van der Waals surface area contributed by atoms with Crippen LogP contribution >= 0.6 is 0 Å². The summed E-state index contributed by atoms with van der Waals surface area (Å²) in [6.45, 7) is 14.5. The largest absolute Gasteiger partial charge is 0.372 e. The Bertz CT molecular complexity index is 415. The normalized spacial score (nSPS) is 16.3. The third-order valence-corrected chi connectivity index (χ3v) is 3.59. The van der Waals surface area contributed by atoms with Crippen LogP contribution in [0.5, 0.6) is 0 Å². The highest BCUT2D eigenvalue weighted by atomic mass is 16.1. The van der Waals surface area contributed by atoms with Crippen LogP contribution in [-0.4, -0.2) is 35.8 Å². The van der Waals surface area contributed by atoms with Crippen LogP contribution in [0.25, 0.3) is 0 Å². The molecule has 0 atom stereocenters. The van der Waals surface area contributed by atoms with Crippen LogP contribution in [0, 0.1) is 0 Å². The lowest BCUT2D eigenvalue weighted by Crippen LogP contribution is -2.27. The van der Waals surface area contributed by atoms with E-state index in [1.165, 1.54) is 19.3 Å². The van der Waals surface area contributed by atoms with Crippen molar-refractivity contribution in [2.75, 3.05) is 19.6 Å². The third-order valence-electron chi connectivity index (χ3n) is 3.59. The first-order chi connectivity index (χ1) is 9.58. The fourth-order valence-electron chi connectivity index (χ4n) is 2.19. The summed E-state index contributed by atoms with van der Waals surface area (Å²) in [6, 6.07) is 0. The first kappa shape index (κ1) is 16.3. The fourth-order valence-corrected chi connectivity index (χ4v) is 2.19. The molecule has 0 radical (unpaired) electrons. The SMILES string of the molecule is C=C(C)N(C=O)CC(/C=C\C(=C)N1CCCCC1)=C/C. The van der Waals surface area contributed by atoms with Gasteiger partial charge in [-0.05, 0) is 44.8 Å². The van der Waals surface area contributed by atoms with Crippen molar-refractivity contribution >= 4 is 6.41 Å². The monoisotopic (exact) mass is 274 g/mol. The molecule has 1 amide bonds. The molecule has 0 aliphatic carbocycles. The molecule has 0 N–H and O–H groups in total. The van der Waals surface area contributed by atoms with E-state index >= 15 is 0 Å². The Morgan fingerprint density at radius 1 is 1.20 bits per heavy atom. The number of nitrogens with zero attached hydrogens (tertiary/aromatic N) is 2. The first-order valence-corrected chi connectivity index (χ1v) is 7.23. The summed E-state index contributed by atoms with van der Waals surface area (Å²) in [4.78, 5) is 14.9. The zero-order chi connectivity index (χ0) is 15.0. The Hall–Kier alpha value is -1.77. The molecule has 1 heterocycles. The summed E-state index contributed by atoms with van der Waals surface area (Å²) in [6.07, 6.45) is 10.7. The van der Waals surface area contributed by atoms with Crippen LogP contribution in [0.1, 0.15) is 33.1 Å². The second kappa shape index (κ2) is 8.41. The molecule has 1 aliphatic rings. The molecule has 0 spiro atoms. The van der Waals surface area contributed by atoms with E-state index in [9.17, 15) is 4.79 Å². The smallest absolute Gasteiger partial charge is 0.214 e. The Morgan fingerprint density at radius 3 is 2.35 bits per heavy atom. The van der Waals surface area contributed by atoms with Crippen LogP contribution in [-0.2, 0) is 4.79 Å². The van der Waals surface area contributed by atoms with E-state index in [4.69, 9.17) is 0 Å². The molecular formula is C17H26N2O. The molecule has 20 heavy (non-hydrogen) atoms. The summed E-state index contributed by atoms with van der Waals surface area (Å²) < 4.78 is 0. The number of allylic oxidation sites excluding steroid dienone is 3. The molecule has 1 rings (SSSR count). The molecule has 0 aromatic carbocycles. The highest BCUT2D eigenvalue weighted by molar-refractivity contribution is 5.51. The van der Waals surface area contributed by atoms with Gasteiger partial charge in [0.1, 0.15) is 0 Å². The lowest BCUT2D eigenvalue weighted by atomic mass is 10.1. The number of piperidine rings is 1. The maximum atomic E-state index is 11.0. The van der Waals surface area contributed by atoms with E-state index in [1.807, 2.05) is 32.1 Å². The number of likely N-dealkylation sites (tertiary alicyclic amines) is 1. The minimum absolute atomic E-state index is 0.555. The summed E-state index contributed by atoms with van der Waals surface area (Å²) >= 11 is 0. The van der Waals surface area contributed by atoms with Gasteiger partial charge in [0, 0.05) is 31.0 Å². The number of carbonyl (C=O) groups excluding carboxylic acids is 1. The van der Waals surface area contributed by atoms with Crippen molar-refractivity contribution in [2.24, 2.45) is 0 Å². The molecule has 0 bridgehead atoms. The number of rotatable bonds is 7. The Morgan fingerprint density at radius 2 is 1.85 bits per heavy atom. The lowest BCUT2D eigenvalue weighted by Gasteiger charge is -2.29. The number of hydrogen-bond acceptors (Lipinski definition) is 2. The van der Waals surface area contributed by atoms with Crippen LogP contribution in [0.4, 0.5) is 0 Å². The fraction of sp³-hybridized carbons (Fsp3) is 0.471. The molecule has 110 valence electrons. The Kier molecular flexibility index (Phi) is 6.85. The standard InChI is InChI=1S/C17H26N2O/c1-5-17(13-19(14-20)15(2)3)10-9-16(4)18-11-7-6-8-12-18/h5,9-10,14H,2,4,6-8,11-13H2,1,3H3/b10-9-,17-5+. The topological polar surface area (TPSA) is 23.6 Å². The van der Waals surface area contributed by atoms with Gasteiger partial charge in [0.05, 0.1) is 0 Å². The molecule has 3 heteroatoms. The van der Waals surface area contributed by atoms with Crippen molar-refractivity contribution in [1.82, 2.24) is 9.80 Å². The van der Waals surface area contributed by atoms with E-state index < -0.39 is 0 Å². The van der Waals surface area contributed by atoms with Gasteiger partial charge in [-0.3, -0.25) is 4.79 Å². The van der Waals surface area contributed by atoms with Gasteiger partial charge < -0.3 is 9.80 Å². The minimum Gasteiger partial charge on any atom is -0.372 e. The quantitative estimate of drug-likeness (QED) is 0.524. The highest BCUT2D eigenvalue weighted by Gasteiger charge is 2.10. The summed E-state index contributed by atoms with van der Waals surface area (Å²) in [5.74, 6) is 0. The molecule has 1 fully saturated rings. The number of carbonyl (C=O) groups is 1. The van der Waals surface area contributed by atoms with Gasteiger partial charge in [0.15, 0.2) is 0 Å². The van der Waals surface area contributed by atoms with E-state index in [0.717, 1.165) is 36.5 Å². The van der Waals surface area contributed by atoms with Gasteiger partial charge in [-0.1, -0.05) is 25.3 Å². The molecule has 1 aliphatic heterocycles. The second-order valence-electron chi connectivity index (χ2n) is 5.20. The molecular weight excluding hydrogens is 248 g/mol. The van der Waals surface area contributed by atoms with Gasteiger partial charge in [0.25, 0.3) is 0 Å². The maximum Gasteiger partial charge on any atom is 0.214 e. The van der Waals surface area contributed by atoms with Gasteiger partial charge >= 0.3 is 0 Å². The van der Waals surface area contributed by atoms with Crippen molar-refractivity contribution in [3.8, 4) is 0 Å². The number of hydrogen-bond donors (Lipinski definition) is 0. The van der Waals surface area contributed by atoms with Gasteiger partial charge in [0.2, 0.25) is 6.41 Å². The van der Waals surface area contributed by atoms with E-state index in [0.29, 0.717) is 6.54 Å². The lowest BCUT2D eigenvalue weighted by molar-refractivity contribution is -0.116. The second-order valence-corrected chi connectivity index (χ2v) is 5.20. The molecule has 1 saturated heterocycles. The van der Waals surface area contributed by atoms with Crippen LogP contribution in [0.15, 0.2) is 48.4 Å². The molecule has 0 aromatic heterocycles. The Balaban J connectivity index is 2.58. The zero-order valence-electron chi connectivity index (χ0n) is 12.8. The van der Waals surface area contributed by atoms with Gasteiger partial charge in [-0.15, -0.1) is 0 Å². The Labute approximate surface area is 122 Å². The van der Waals surface area contributed by atoms with E-state index in [1.54, 1.807) is 4.90 Å². The average Bonchev–Trinajstić information content (AvgIpc) is 2.47. The predicted molar refractivity (Wildman–Crippen MR) is 85.0 cm³/mol. The van der Waals surface area contributed by atoms with Crippen molar-refractivity contribution in [3.05, 3.63) is 48.4 Å². The molecule has 3 nitrogen and oxygen atoms in total. The van der Waals surface area contributed by atoms with Crippen LogP contribution in [0.3, 0.4) is 0 Å². The minimum atomic E-state index is 0.555. The van der Waals surface area contributed by atoms with E-state index in [-0.39, 0.29) is 0 Å². The van der Waals surface area contributed by atoms with Crippen molar-refractivity contribution in [3.63, 3.8) is 0 Å². The zero-order valence-corrected chi connectivity index (χ0v) is 12.8. The summed E-state index contributed by atoms with van der Waals surface area (Å²) in [5.41, 5.74) is 2.89. The van der Waals surface area contributed by atoms with Gasteiger partial charge in [-0.2, -0.15) is 0 Å². The maximum absolute atomic E-state index is 11.0. The van der Waals surface area contributed by atoms with Crippen molar-refractivity contribution < 1.29 is 4.79 Å². The van der Waals surface area contributed by atoms with Crippen LogP contribution in [0.2, 0.25) is 0 Å². The highest BCUT2D eigenvalue weighted by Crippen LogP contribution is 2.15. The molecule has 0 unspecified atom stereocenters. The van der Waals surface area contributed by atoms with Crippen molar-refractivity contribution in [1.29, 1.82) is 0 Å². The van der Waals surface area contributed by atoms with Crippen LogP contribution < -0.4 is 0 Å². The summed E-state index contributed by atoms with van der Waals surface area (Å²) in [5, 5.41) is 0. The molecule has 0 aromatic rings. The number of amides is 1. The molecule has 0 saturated carbocycles. The summed E-state index contributed by atoms with van der Waals surface area (Å²) in [7, 11) is 0. The van der Waals surface area contributed by atoms with E-state index in [2.05, 4.69) is 18.1 Å². The predicted octanol–water partition coefficient (Wildman–Crippen LogP) is 3.48. The van der Waals surface area contributed by atoms with Gasteiger partial charge in [-0.25, -0.2) is 0 Å². The average molecular weight is 274 g/mol.